The quantitative estimate of drug-likeness (QED) is 0.604. The van der Waals surface area contributed by atoms with Crippen LogP contribution in [-0.2, 0) is 26.3 Å². The van der Waals surface area contributed by atoms with Gasteiger partial charge >= 0.3 is 6.03 Å². The van der Waals surface area contributed by atoms with Crippen LogP contribution in [0.4, 0.5) is 4.79 Å². The molecule has 34 heavy (non-hydrogen) atoms. The van der Waals surface area contributed by atoms with Crippen molar-refractivity contribution in [1.82, 2.24) is 15.5 Å². The molecular weight excluding hydrogens is 438 g/mol. The van der Waals surface area contributed by atoms with Gasteiger partial charge in [-0.3, -0.25) is 19.3 Å². The van der Waals surface area contributed by atoms with E-state index in [-0.39, 0.29) is 5.78 Å². The number of ether oxygens (including phenoxy) is 2. The molecule has 2 aromatic carbocycles. The SMILES string of the molecule is CC(=O)C(Cc1ccccc1)NC(=O)CN1C(=O)NC(C)(c2ccc3c(c2)OCCCO3)C1=O. The molecule has 2 atom stereocenters. The van der Waals surface area contributed by atoms with Crippen LogP contribution in [0.3, 0.4) is 0 Å². The third-order valence-electron chi connectivity index (χ3n) is 6.01. The minimum atomic E-state index is -1.37. The summed E-state index contributed by atoms with van der Waals surface area (Å²) in [5.74, 6) is -0.301. The highest BCUT2D eigenvalue weighted by atomic mass is 16.5. The first-order valence-corrected chi connectivity index (χ1v) is 11.2. The van der Waals surface area contributed by atoms with Crippen LogP contribution in [0.1, 0.15) is 31.4 Å². The lowest BCUT2D eigenvalue weighted by atomic mass is 9.91. The number of fused-ring (bicyclic) bond motifs is 1. The molecule has 0 saturated carbocycles. The normalized spacial score (nSPS) is 20.4. The molecule has 4 rings (SSSR count). The van der Waals surface area contributed by atoms with Gasteiger partial charge in [0, 0.05) is 6.42 Å². The number of benzene rings is 2. The Hall–Kier alpha value is -3.88. The summed E-state index contributed by atoms with van der Waals surface area (Å²) in [6.45, 7) is 3.50. The Bertz CT molecular complexity index is 1120. The number of nitrogens with one attached hydrogen (secondary N) is 2. The van der Waals surface area contributed by atoms with Crippen molar-refractivity contribution in [3.05, 3.63) is 59.7 Å². The predicted molar refractivity (Wildman–Crippen MR) is 122 cm³/mol. The van der Waals surface area contributed by atoms with Gasteiger partial charge in [0.25, 0.3) is 5.91 Å². The Kier molecular flexibility index (Phi) is 6.54. The monoisotopic (exact) mass is 465 g/mol. The molecule has 2 N–H and O–H groups in total. The molecule has 0 aliphatic carbocycles. The number of urea groups is 1. The van der Waals surface area contributed by atoms with E-state index in [4.69, 9.17) is 9.47 Å². The van der Waals surface area contributed by atoms with Crippen molar-refractivity contribution >= 4 is 23.6 Å². The molecule has 2 heterocycles. The number of rotatable bonds is 7. The maximum Gasteiger partial charge on any atom is 0.325 e. The zero-order valence-electron chi connectivity index (χ0n) is 19.1. The van der Waals surface area contributed by atoms with Gasteiger partial charge in [0.1, 0.15) is 12.1 Å². The summed E-state index contributed by atoms with van der Waals surface area (Å²) < 4.78 is 11.3. The number of carbonyl (C=O) groups excluding carboxylic acids is 4. The van der Waals surface area contributed by atoms with E-state index in [1.807, 2.05) is 30.3 Å². The van der Waals surface area contributed by atoms with E-state index < -0.39 is 36.0 Å². The number of amides is 4. The molecule has 2 aliphatic rings. The number of carbonyl (C=O) groups is 4. The highest BCUT2D eigenvalue weighted by Gasteiger charge is 2.50. The van der Waals surface area contributed by atoms with E-state index in [2.05, 4.69) is 10.6 Å². The van der Waals surface area contributed by atoms with E-state index in [9.17, 15) is 19.2 Å². The van der Waals surface area contributed by atoms with Gasteiger partial charge in [0.15, 0.2) is 17.3 Å². The molecule has 1 saturated heterocycles. The molecule has 178 valence electrons. The third kappa shape index (κ3) is 4.73. The minimum Gasteiger partial charge on any atom is -0.490 e. The van der Waals surface area contributed by atoms with Crippen molar-refractivity contribution in [1.29, 1.82) is 0 Å². The lowest BCUT2D eigenvalue weighted by Gasteiger charge is -2.23. The summed E-state index contributed by atoms with van der Waals surface area (Å²) in [6.07, 6.45) is 1.06. The minimum absolute atomic E-state index is 0.216. The van der Waals surface area contributed by atoms with Crippen LogP contribution in [0.5, 0.6) is 11.5 Å². The van der Waals surface area contributed by atoms with Crippen molar-refractivity contribution in [3.63, 3.8) is 0 Å². The molecule has 2 aliphatic heterocycles. The average molecular weight is 466 g/mol. The van der Waals surface area contributed by atoms with Gasteiger partial charge in [-0.2, -0.15) is 0 Å². The maximum atomic E-state index is 13.2. The van der Waals surface area contributed by atoms with Gasteiger partial charge in [0.2, 0.25) is 5.91 Å². The van der Waals surface area contributed by atoms with Crippen LogP contribution in [0.25, 0.3) is 0 Å². The molecule has 9 nitrogen and oxygen atoms in total. The fourth-order valence-corrected chi connectivity index (χ4v) is 4.04. The molecule has 2 unspecified atom stereocenters. The standard InChI is InChI=1S/C25H27N3O6/c1-16(29)19(13-17-7-4-3-5-8-17)26-22(30)15-28-23(31)25(2,27-24(28)32)18-9-10-20-21(14-18)34-12-6-11-33-20/h3-5,7-10,14,19H,6,11-13,15H2,1-2H3,(H,26,30)(H,27,32). The average Bonchev–Trinajstić information content (AvgIpc) is 2.97. The second kappa shape index (κ2) is 9.54. The molecule has 9 heteroatoms. The molecule has 0 aromatic heterocycles. The Morgan fingerprint density at radius 1 is 1.09 bits per heavy atom. The lowest BCUT2D eigenvalue weighted by molar-refractivity contribution is -0.135. The summed E-state index contributed by atoms with van der Waals surface area (Å²) in [6, 6.07) is 12.9. The van der Waals surface area contributed by atoms with Crippen molar-refractivity contribution in [2.45, 2.75) is 38.3 Å². The van der Waals surface area contributed by atoms with Crippen molar-refractivity contribution in [2.24, 2.45) is 0 Å². The van der Waals surface area contributed by atoms with Crippen LogP contribution in [0, 0.1) is 0 Å². The fraction of sp³-hybridized carbons (Fsp3) is 0.360. The maximum absolute atomic E-state index is 13.2. The fourth-order valence-electron chi connectivity index (χ4n) is 4.04. The molecule has 4 amide bonds. The lowest BCUT2D eigenvalue weighted by Crippen LogP contribution is -2.48. The van der Waals surface area contributed by atoms with E-state index in [1.165, 1.54) is 6.92 Å². The van der Waals surface area contributed by atoms with Crippen molar-refractivity contribution < 1.29 is 28.7 Å². The summed E-state index contributed by atoms with van der Waals surface area (Å²) in [4.78, 5) is 51.5. The van der Waals surface area contributed by atoms with Gasteiger partial charge < -0.3 is 20.1 Å². The zero-order valence-corrected chi connectivity index (χ0v) is 19.1. The largest absolute Gasteiger partial charge is 0.490 e. The smallest absolute Gasteiger partial charge is 0.325 e. The van der Waals surface area contributed by atoms with Crippen LogP contribution < -0.4 is 20.1 Å². The molecule has 0 spiro atoms. The first-order chi connectivity index (χ1) is 16.3. The number of imide groups is 1. The number of hydrogen-bond acceptors (Lipinski definition) is 6. The Balaban J connectivity index is 1.46. The summed E-state index contributed by atoms with van der Waals surface area (Å²) >= 11 is 0. The second-order valence-corrected chi connectivity index (χ2v) is 8.58. The van der Waals surface area contributed by atoms with Crippen LogP contribution in [0.15, 0.2) is 48.5 Å². The van der Waals surface area contributed by atoms with Gasteiger partial charge in [-0.05, 0) is 43.5 Å². The van der Waals surface area contributed by atoms with Crippen molar-refractivity contribution in [3.8, 4) is 11.5 Å². The third-order valence-corrected chi connectivity index (χ3v) is 6.01. The Morgan fingerprint density at radius 3 is 2.50 bits per heavy atom. The van der Waals surface area contributed by atoms with Gasteiger partial charge in [-0.15, -0.1) is 0 Å². The van der Waals surface area contributed by atoms with E-state index in [0.29, 0.717) is 36.7 Å². The number of Topliss-reactive ketones (excluding diaryl/α,β-unsaturated/α-hetero) is 1. The molecule has 0 radical (unpaired) electrons. The summed E-state index contributed by atoms with van der Waals surface area (Å²) in [5, 5.41) is 5.33. The summed E-state index contributed by atoms with van der Waals surface area (Å²) in [5.41, 5.74) is 0.0372. The van der Waals surface area contributed by atoms with E-state index >= 15 is 0 Å². The second-order valence-electron chi connectivity index (χ2n) is 8.58. The van der Waals surface area contributed by atoms with Gasteiger partial charge in [-0.1, -0.05) is 36.4 Å². The van der Waals surface area contributed by atoms with Crippen LogP contribution in [-0.4, -0.2) is 54.3 Å². The number of nitrogens with zero attached hydrogens (tertiary/aromatic N) is 1. The van der Waals surface area contributed by atoms with Crippen LogP contribution >= 0.6 is 0 Å². The van der Waals surface area contributed by atoms with E-state index in [1.54, 1.807) is 25.1 Å². The molecule has 1 fully saturated rings. The van der Waals surface area contributed by atoms with E-state index in [0.717, 1.165) is 16.9 Å². The predicted octanol–water partition coefficient (Wildman–Crippen LogP) is 1.93. The first-order valence-electron chi connectivity index (χ1n) is 11.2. The van der Waals surface area contributed by atoms with Gasteiger partial charge in [-0.25, -0.2) is 4.79 Å². The number of hydrogen-bond donors (Lipinski definition) is 2. The zero-order chi connectivity index (χ0) is 24.3. The molecule has 2 aromatic rings. The highest BCUT2D eigenvalue weighted by molar-refractivity contribution is 6.09. The van der Waals surface area contributed by atoms with Crippen LogP contribution in [0.2, 0.25) is 0 Å². The Morgan fingerprint density at radius 2 is 1.79 bits per heavy atom. The topological polar surface area (TPSA) is 114 Å². The first kappa shape index (κ1) is 23.3. The van der Waals surface area contributed by atoms with Gasteiger partial charge in [0.05, 0.1) is 19.3 Å². The number of ketones is 1. The summed E-state index contributed by atoms with van der Waals surface area (Å²) in [7, 11) is 0. The van der Waals surface area contributed by atoms with Crippen molar-refractivity contribution in [2.75, 3.05) is 19.8 Å². The highest BCUT2D eigenvalue weighted by Crippen LogP contribution is 2.36. The molecule has 0 bridgehead atoms. The molecular formula is C25H27N3O6. The Labute approximate surface area is 197 Å².